The minimum absolute atomic E-state index is 0.0948. The van der Waals surface area contributed by atoms with Gasteiger partial charge in [-0.25, -0.2) is 8.42 Å². The summed E-state index contributed by atoms with van der Waals surface area (Å²) < 4.78 is 35.2. The number of hydrogen-bond donors (Lipinski definition) is 1. The van der Waals surface area contributed by atoms with Crippen molar-refractivity contribution in [3.63, 3.8) is 0 Å². The molecule has 204 valence electrons. The molecule has 1 amide bonds. The molecule has 0 saturated heterocycles. The van der Waals surface area contributed by atoms with E-state index < -0.39 is 10.0 Å². The van der Waals surface area contributed by atoms with Gasteiger partial charge < -0.3 is 10.1 Å². The molecule has 0 fully saturated rings. The minimum atomic E-state index is -3.68. The molecular formula is C28H31N5O4S2. The maximum atomic E-state index is 13.2. The van der Waals surface area contributed by atoms with Gasteiger partial charge in [-0.15, -0.1) is 10.2 Å². The number of thioether (sulfide) groups is 1. The molecule has 1 N–H and O–H groups in total. The molecule has 0 aliphatic carbocycles. The SMILES string of the molecule is CCN(CC)S(=O)(=O)c1cccc(-c2nnc(SCC(=O)Nc3cccc(C)c3)n2-c2ccccc2OC)c1. The molecule has 3 aromatic carbocycles. The number of rotatable bonds is 11. The van der Waals surface area contributed by atoms with E-state index >= 15 is 0 Å². The first-order valence-electron chi connectivity index (χ1n) is 12.5. The van der Waals surface area contributed by atoms with Crippen LogP contribution in [0.2, 0.25) is 0 Å². The number of carbonyl (C=O) groups is 1. The van der Waals surface area contributed by atoms with Gasteiger partial charge in [0.2, 0.25) is 15.9 Å². The van der Waals surface area contributed by atoms with Crippen LogP contribution in [0.25, 0.3) is 17.1 Å². The second-order valence-corrected chi connectivity index (χ2v) is 11.5. The van der Waals surface area contributed by atoms with Crippen molar-refractivity contribution in [1.29, 1.82) is 0 Å². The first-order valence-corrected chi connectivity index (χ1v) is 14.9. The molecule has 0 bridgehead atoms. The molecule has 0 radical (unpaired) electrons. The van der Waals surface area contributed by atoms with Crippen LogP contribution in [0.5, 0.6) is 5.75 Å². The van der Waals surface area contributed by atoms with Crippen molar-refractivity contribution in [2.24, 2.45) is 0 Å². The summed E-state index contributed by atoms with van der Waals surface area (Å²) in [5, 5.41) is 12.2. The molecule has 1 aromatic heterocycles. The van der Waals surface area contributed by atoms with Gasteiger partial charge in [0.05, 0.1) is 23.4 Å². The van der Waals surface area contributed by atoms with Crippen LogP contribution in [-0.4, -0.2) is 59.3 Å². The maximum absolute atomic E-state index is 13.2. The fourth-order valence-corrected chi connectivity index (χ4v) is 6.39. The Balaban J connectivity index is 1.72. The number of benzene rings is 3. The average Bonchev–Trinajstić information content (AvgIpc) is 3.36. The van der Waals surface area contributed by atoms with Crippen molar-refractivity contribution in [2.75, 3.05) is 31.3 Å². The van der Waals surface area contributed by atoms with Crippen molar-refractivity contribution < 1.29 is 17.9 Å². The highest BCUT2D eigenvalue weighted by molar-refractivity contribution is 7.99. The van der Waals surface area contributed by atoms with Crippen molar-refractivity contribution in [1.82, 2.24) is 19.1 Å². The van der Waals surface area contributed by atoms with Gasteiger partial charge in [-0.2, -0.15) is 4.31 Å². The number of aryl methyl sites for hydroxylation is 1. The number of nitrogens with zero attached hydrogens (tertiary/aromatic N) is 4. The number of sulfonamides is 1. The zero-order chi connectivity index (χ0) is 28.0. The number of hydrogen-bond acceptors (Lipinski definition) is 7. The number of nitrogens with one attached hydrogen (secondary N) is 1. The second kappa shape index (κ2) is 12.5. The lowest BCUT2D eigenvalue weighted by molar-refractivity contribution is -0.113. The zero-order valence-corrected chi connectivity index (χ0v) is 23.9. The zero-order valence-electron chi connectivity index (χ0n) is 22.3. The fraction of sp³-hybridized carbons (Fsp3) is 0.250. The summed E-state index contributed by atoms with van der Waals surface area (Å²) >= 11 is 1.23. The molecule has 1 heterocycles. The van der Waals surface area contributed by atoms with E-state index in [1.165, 1.54) is 16.1 Å². The van der Waals surface area contributed by atoms with E-state index in [-0.39, 0.29) is 16.6 Å². The molecule has 11 heteroatoms. The predicted octanol–water partition coefficient (Wildman–Crippen LogP) is 5.01. The third-order valence-corrected chi connectivity index (χ3v) is 9.00. The van der Waals surface area contributed by atoms with Gasteiger partial charge in [-0.05, 0) is 48.9 Å². The highest BCUT2D eigenvalue weighted by Gasteiger charge is 2.24. The Morgan fingerprint density at radius 3 is 2.46 bits per heavy atom. The lowest BCUT2D eigenvalue weighted by atomic mass is 10.2. The quantitative estimate of drug-likeness (QED) is 0.255. The highest BCUT2D eigenvalue weighted by atomic mass is 32.2. The molecule has 9 nitrogen and oxygen atoms in total. The van der Waals surface area contributed by atoms with Gasteiger partial charge in [-0.1, -0.05) is 62.0 Å². The maximum Gasteiger partial charge on any atom is 0.243 e. The summed E-state index contributed by atoms with van der Waals surface area (Å²) in [6.45, 7) is 6.31. The molecule has 0 atom stereocenters. The van der Waals surface area contributed by atoms with Crippen molar-refractivity contribution in [2.45, 2.75) is 30.8 Å². The summed E-state index contributed by atoms with van der Waals surface area (Å²) in [5.74, 6) is 0.917. The standard InChI is InChI=1S/C28H31N5O4S2/c1-5-32(6-2)39(35,36)23-14-10-12-21(18-23)27-30-31-28(33(27)24-15-7-8-16-25(24)37-4)38-19-26(34)29-22-13-9-11-20(3)17-22/h7-18H,5-6,19H2,1-4H3,(H,29,34). The largest absolute Gasteiger partial charge is 0.495 e. The third kappa shape index (κ3) is 6.32. The molecule has 4 aromatic rings. The topological polar surface area (TPSA) is 106 Å². The molecule has 0 spiro atoms. The average molecular weight is 566 g/mol. The van der Waals surface area contributed by atoms with Gasteiger partial charge in [0.1, 0.15) is 5.75 Å². The Morgan fingerprint density at radius 1 is 1.00 bits per heavy atom. The Hall–Kier alpha value is -3.67. The Kier molecular flexibility index (Phi) is 9.05. The van der Waals surface area contributed by atoms with Crippen LogP contribution in [0.3, 0.4) is 0 Å². The fourth-order valence-electron chi connectivity index (χ4n) is 4.14. The number of para-hydroxylation sites is 2. The van der Waals surface area contributed by atoms with Gasteiger partial charge in [0, 0.05) is 24.3 Å². The van der Waals surface area contributed by atoms with Crippen LogP contribution < -0.4 is 10.1 Å². The van der Waals surface area contributed by atoms with Crippen molar-refractivity contribution in [3.05, 3.63) is 78.4 Å². The van der Waals surface area contributed by atoms with Crippen LogP contribution in [0.1, 0.15) is 19.4 Å². The number of methoxy groups -OCH3 is 1. The molecule has 39 heavy (non-hydrogen) atoms. The second-order valence-electron chi connectivity index (χ2n) is 8.64. The van der Waals surface area contributed by atoms with Crippen LogP contribution in [0.15, 0.2) is 82.8 Å². The van der Waals surface area contributed by atoms with Crippen LogP contribution >= 0.6 is 11.8 Å². The minimum Gasteiger partial charge on any atom is -0.495 e. The van der Waals surface area contributed by atoms with E-state index in [4.69, 9.17) is 4.74 Å². The summed E-state index contributed by atoms with van der Waals surface area (Å²) in [4.78, 5) is 12.9. The molecule has 0 aliphatic rings. The first-order chi connectivity index (χ1) is 18.8. The molecule has 0 unspecified atom stereocenters. The Bertz CT molecular complexity index is 1570. The lowest BCUT2D eigenvalue weighted by Crippen LogP contribution is -2.30. The number of ether oxygens (including phenoxy) is 1. The van der Waals surface area contributed by atoms with E-state index in [1.54, 1.807) is 35.9 Å². The summed E-state index contributed by atoms with van der Waals surface area (Å²) in [5.41, 5.74) is 3.00. The number of amides is 1. The van der Waals surface area contributed by atoms with Gasteiger partial charge >= 0.3 is 0 Å². The van der Waals surface area contributed by atoms with E-state index in [0.717, 1.165) is 11.3 Å². The van der Waals surface area contributed by atoms with Gasteiger partial charge in [0.25, 0.3) is 0 Å². The molecule has 0 aliphatic heterocycles. The van der Waals surface area contributed by atoms with E-state index in [2.05, 4.69) is 15.5 Å². The van der Waals surface area contributed by atoms with Crippen LogP contribution in [0, 0.1) is 6.92 Å². The van der Waals surface area contributed by atoms with Crippen molar-refractivity contribution in [3.8, 4) is 22.8 Å². The Morgan fingerprint density at radius 2 is 1.74 bits per heavy atom. The monoisotopic (exact) mass is 565 g/mol. The molecule has 4 rings (SSSR count). The third-order valence-electron chi connectivity index (χ3n) is 6.03. The van der Waals surface area contributed by atoms with E-state index in [1.807, 2.05) is 69.3 Å². The lowest BCUT2D eigenvalue weighted by Gasteiger charge is -2.19. The number of aromatic nitrogens is 3. The van der Waals surface area contributed by atoms with Gasteiger partial charge in [0.15, 0.2) is 11.0 Å². The first kappa shape index (κ1) is 28.3. The van der Waals surface area contributed by atoms with Crippen LogP contribution in [0.4, 0.5) is 5.69 Å². The Labute approximate surface area is 233 Å². The molecule has 0 saturated carbocycles. The summed E-state index contributed by atoms with van der Waals surface area (Å²) in [6, 6.07) is 21.6. The number of anilines is 1. The smallest absolute Gasteiger partial charge is 0.243 e. The normalized spacial score (nSPS) is 11.5. The highest BCUT2D eigenvalue weighted by Crippen LogP contribution is 2.33. The summed E-state index contributed by atoms with van der Waals surface area (Å²) in [7, 11) is -2.10. The van der Waals surface area contributed by atoms with Crippen LogP contribution in [-0.2, 0) is 14.8 Å². The van der Waals surface area contributed by atoms with Crippen molar-refractivity contribution >= 4 is 33.4 Å². The molecular weight excluding hydrogens is 534 g/mol. The van der Waals surface area contributed by atoms with E-state index in [9.17, 15) is 13.2 Å². The van der Waals surface area contributed by atoms with Gasteiger partial charge in [-0.3, -0.25) is 9.36 Å². The summed E-state index contributed by atoms with van der Waals surface area (Å²) in [6.07, 6.45) is 0. The van der Waals surface area contributed by atoms with E-state index in [0.29, 0.717) is 41.1 Å². The predicted molar refractivity (Wildman–Crippen MR) is 154 cm³/mol. The number of carbonyl (C=O) groups excluding carboxylic acids is 1.